The summed E-state index contributed by atoms with van der Waals surface area (Å²) in [6.45, 7) is -2.43. The third-order valence-corrected chi connectivity index (χ3v) is 5.16. The van der Waals surface area contributed by atoms with Gasteiger partial charge in [0.1, 0.15) is 35.4 Å². The lowest BCUT2D eigenvalue weighted by Gasteiger charge is -2.37. The molecular formula is C24H22F7N3O3. The fourth-order valence-corrected chi connectivity index (χ4v) is 3.42. The maximum absolute atomic E-state index is 15.5. The largest absolute Gasteiger partial charge is 0.487 e. The average molecular weight is 533 g/mol. The third kappa shape index (κ3) is 6.87. The molecule has 0 amide bonds. The predicted molar refractivity (Wildman–Crippen MR) is 118 cm³/mol. The molecule has 200 valence electrons. The second-order valence-corrected chi connectivity index (χ2v) is 8.19. The Balaban J connectivity index is 1.74. The number of hydrazine groups is 1. The van der Waals surface area contributed by atoms with Crippen LogP contribution in [0.4, 0.5) is 30.7 Å². The van der Waals surface area contributed by atoms with Gasteiger partial charge in [-0.1, -0.05) is 18.2 Å². The van der Waals surface area contributed by atoms with Gasteiger partial charge in [0, 0.05) is 18.7 Å². The van der Waals surface area contributed by atoms with E-state index in [2.05, 4.69) is 9.72 Å². The Bertz CT molecular complexity index is 1190. The van der Waals surface area contributed by atoms with Crippen LogP contribution in [0.25, 0.3) is 0 Å². The Hall–Kier alpha value is -3.42. The second-order valence-electron chi connectivity index (χ2n) is 8.19. The van der Waals surface area contributed by atoms with Crippen molar-refractivity contribution in [3.05, 3.63) is 89.2 Å². The van der Waals surface area contributed by atoms with E-state index >= 15 is 8.78 Å². The Morgan fingerprint density at radius 1 is 0.919 bits per heavy atom. The minimum absolute atomic E-state index is 0.00234. The van der Waals surface area contributed by atoms with Gasteiger partial charge < -0.3 is 14.6 Å². The van der Waals surface area contributed by atoms with Gasteiger partial charge in [0.25, 0.3) is 0 Å². The Labute approximate surface area is 207 Å². The lowest BCUT2D eigenvalue weighted by atomic mass is 9.84. The van der Waals surface area contributed by atoms with Gasteiger partial charge in [-0.05, 0) is 35.9 Å². The number of ether oxygens (including phenoxy) is 2. The van der Waals surface area contributed by atoms with Crippen molar-refractivity contribution in [3.8, 4) is 11.5 Å². The van der Waals surface area contributed by atoms with Gasteiger partial charge in [-0.15, -0.1) is 0 Å². The summed E-state index contributed by atoms with van der Waals surface area (Å²) in [5.74, 6) is -1.04. The van der Waals surface area contributed by atoms with E-state index in [0.29, 0.717) is 17.7 Å². The normalized spacial score (nSPS) is 13.9. The SMILES string of the molecule is CN(N)CC(O)(c1ccc(F)cc1F)C(F)(F)c1ccc(OCc2ccc(OCC(F)(F)F)cc2)cn1. The lowest BCUT2D eigenvalue weighted by Crippen LogP contribution is -2.53. The Morgan fingerprint density at radius 3 is 2.11 bits per heavy atom. The fraction of sp³-hybridized carbons (Fsp3) is 0.292. The maximum Gasteiger partial charge on any atom is 0.422 e. The molecule has 0 aliphatic heterocycles. The number of nitrogens with zero attached hydrogens (tertiary/aromatic N) is 2. The molecule has 1 atom stereocenters. The van der Waals surface area contributed by atoms with Gasteiger partial charge in [0.2, 0.25) is 0 Å². The van der Waals surface area contributed by atoms with Crippen LogP contribution in [0.5, 0.6) is 11.5 Å². The first-order chi connectivity index (χ1) is 17.2. The molecule has 0 bridgehead atoms. The standard InChI is InChI=1S/C24H22F7N3O3/c1-34(32)13-22(35,19-8-4-16(25)10-20(19)26)24(30,31)21-9-7-18(11-33-21)36-12-15-2-5-17(6-3-15)37-14-23(27,28)29/h2-11,35H,12-14,32H2,1H3. The third-order valence-electron chi connectivity index (χ3n) is 5.16. The van der Waals surface area contributed by atoms with Gasteiger partial charge in [-0.3, -0.25) is 10.8 Å². The highest BCUT2D eigenvalue weighted by molar-refractivity contribution is 5.33. The first kappa shape index (κ1) is 28.2. The fourth-order valence-electron chi connectivity index (χ4n) is 3.42. The highest BCUT2D eigenvalue weighted by atomic mass is 19.4. The van der Waals surface area contributed by atoms with E-state index in [9.17, 15) is 27.1 Å². The molecule has 1 heterocycles. The highest BCUT2D eigenvalue weighted by Crippen LogP contribution is 2.46. The van der Waals surface area contributed by atoms with E-state index in [1.807, 2.05) is 0 Å². The summed E-state index contributed by atoms with van der Waals surface area (Å²) in [6, 6.07) is 9.37. The lowest BCUT2D eigenvalue weighted by molar-refractivity contribution is -0.206. The van der Waals surface area contributed by atoms with Gasteiger partial charge in [-0.25, -0.2) is 13.8 Å². The zero-order valence-electron chi connectivity index (χ0n) is 19.3. The molecule has 0 aliphatic carbocycles. The molecule has 0 aliphatic rings. The highest BCUT2D eigenvalue weighted by Gasteiger charge is 2.57. The minimum atomic E-state index is -4.47. The minimum Gasteiger partial charge on any atom is -0.487 e. The molecule has 37 heavy (non-hydrogen) atoms. The van der Waals surface area contributed by atoms with Crippen LogP contribution < -0.4 is 15.3 Å². The van der Waals surface area contributed by atoms with Crippen molar-refractivity contribution in [2.24, 2.45) is 5.84 Å². The van der Waals surface area contributed by atoms with Crippen molar-refractivity contribution < 1.29 is 45.3 Å². The van der Waals surface area contributed by atoms with Crippen molar-refractivity contribution in [3.63, 3.8) is 0 Å². The van der Waals surface area contributed by atoms with E-state index in [0.717, 1.165) is 29.4 Å². The number of alkyl halides is 5. The number of nitrogens with two attached hydrogens (primary N) is 1. The molecular weight excluding hydrogens is 511 g/mol. The second kappa shape index (κ2) is 10.9. The quantitative estimate of drug-likeness (QED) is 0.224. The summed E-state index contributed by atoms with van der Waals surface area (Å²) >= 11 is 0. The van der Waals surface area contributed by atoms with Gasteiger partial charge in [0.15, 0.2) is 12.2 Å². The summed E-state index contributed by atoms with van der Waals surface area (Å²) in [5.41, 5.74) is -4.47. The summed E-state index contributed by atoms with van der Waals surface area (Å²) in [6.07, 6.45) is -3.52. The molecule has 2 aromatic carbocycles. The molecule has 13 heteroatoms. The van der Waals surface area contributed by atoms with E-state index in [1.54, 1.807) is 0 Å². The zero-order valence-corrected chi connectivity index (χ0v) is 19.3. The van der Waals surface area contributed by atoms with Gasteiger partial charge in [-0.2, -0.15) is 22.0 Å². The Morgan fingerprint density at radius 2 is 1.57 bits per heavy atom. The van der Waals surface area contributed by atoms with Gasteiger partial charge in [0.05, 0.1) is 12.7 Å². The molecule has 0 radical (unpaired) electrons. The zero-order chi connectivity index (χ0) is 27.4. The molecule has 0 fully saturated rings. The van der Waals surface area contributed by atoms with Crippen molar-refractivity contribution >= 4 is 0 Å². The number of hydrogen-bond acceptors (Lipinski definition) is 6. The molecule has 3 aromatic rings. The number of halogens is 7. The van der Waals surface area contributed by atoms with E-state index in [4.69, 9.17) is 10.6 Å². The number of aromatic nitrogens is 1. The van der Waals surface area contributed by atoms with Crippen molar-refractivity contribution in [2.75, 3.05) is 20.2 Å². The first-order valence-electron chi connectivity index (χ1n) is 10.6. The molecule has 0 spiro atoms. The summed E-state index contributed by atoms with van der Waals surface area (Å²) < 4.78 is 105. The van der Waals surface area contributed by atoms with Crippen LogP contribution in [0.1, 0.15) is 16.8 Å². The average Bonchev–Trinajstić information content (AvgIpc) is 2.81. The van der Waals surface area contributed by atoms with E-state index < -0.39 is 53.7 Å². The van der Waals surface area contributed by atoms with Crippen LogP contribution in [0.15, 0.2) is 60.8 Å². The van der Waals surface area contributed by atoms with Crippen LogP contribution >= 0.6 is 0 Å². The first-order valence-corrected chi connectivity index (χ1v) is 10.6. The topological polar surface area (TPSA) is 80.8 Å². The number of likely N-dealkylation sites (N-methyl/N-ethyl adjacent to an activating group) is 1. The monoisotopic (exact) mass is 533 g/mol. The van der Waals surface area contributed by atoms with Gasteiger partial charge >= 0.3 is 12.1 Å². The van der Waals surface area contributed by atoms with E-state index in [-0.39, 0.29) is 18.1 Å². The Kier molecular flexibility index (Phi) is 8.30. The summed E-state index contributed by atoms with van der Waals surface area (Å²) in [4.78, 5) is 3.65. The molecule has 1 aromatic heterocycles. The van der Waals surface area contributed by atoms with Crippen molar-refractivity contribution in [2.45, 2.75) is 24.3 Å². The molecule has 0 saturated carbocycles. The number of benzene rings is 2. The van der Waals surface area contributed by atoms with Crippen LogP contribution in [0, 0.1) is 11.6 Å². The van der Waals surface area contributed by atoms with Crippen LogP contribution in [0.2, 0.25) is 0 Å². The van der Waals surface area contributed by atoms with Crippen molar-refractivity contribution in [1.29, 1.82) is 0 Å². The summed E-state index contributed by atoms with van der Waals surface area (Å²) in [5, 5.41) is 11.7. The number of rotatable bonds is 10. The molecule has 6 nitrogen and oxygen atoms in total. The van der Waals surface area contributed by atoms with E-state index in [1.165, 1.54) is 31.3 Å². The molecule has 3 rings (SSSR count). The van der Waals surface area contributed by atoms with Crippen LogP contribution in [0.3, 0.4) is 0 Å². The smallest absolute Gasteiger partial charge is 0.422 e. The maximum atomic E-state index is 15.5. The molecule has 1 unspecified atom stereocenters. The van der Waals surface area contributed by atoms with Crippen LogP contribution in [-0.4, -0.2) is 41.5 Å². The van der Waals surface area contributed by atoms with Crippen molar-refractivity contribution in [1.82, 2.24) is 9.99 Å². The number of pyridine rings is 1. The summed E-state index contributed by atoms with van der Waals surface area (Å²) in [7, 11) is 1.18. The number of hydrogen-bond donors (Lipinski definition) is 2. The molecule has 0 saturated heterocycles. The predicted octanol–water partition coefficient (Wildman–Crippen LogP) is 4.67. The molecule has 3 N–H and O–H groups in total. The van der Waals surface area contributed by atoms with Crippen LogP contribution in [-0.2, 0) is 18.1 Å². The number of aliphatic hydroxyl groups is 1.